The lowest BCUT2D eigenvalue weighted by Gasteiger charge is -2.17. The van der Waals surface area contributed by atoms with Gasteiger partial charge in [-0.2, -0.15) is 0 Å². The number of nitrogens with one attached hydrogen (secondary N) is 1. The van der Waals surface area contributed by atoms with Crippen molar-refractivity contribution < 1.29 is 9.59 Å². The Hall–Kier alpha value is -1.84. The maximum absolute atomic E-state index is 12.0. The summed E-state index contributed by atoms with van der Waals surface area (Å²) in [7, 11) is 0. The van der Waals surface area contributed by atoms with Crippen LogP contribution in [0.1, 0.15) is 20.3 Å². The molecule has 4 heteroatoms. The Kier molecular flexibility index (Phi) is 3.65. The van der Waals surface area contributed by atoms with Crippen LogP contribution in [0.15, 0.2) is 30.3 Å². The highest BCUT2D eigenvalue weighted by molar-refractivity contribution is 6.03. The van der Waals surface area contributed by atoms with E-state index in [0.29, 0.717) is 12.2 Å². The number of anilines is 1. The number of benzene rings is 1. The quantitative estimate of drug-likeness (QED) is 0.872. The fourth-order valence-corrected chi connectivity index (χ4v) is 2.23. The normalized spacial score (nSPS) is 19.4. The molecule has 1 atom stereocenters. The van der Waals surface area contributed by atoms with Crippen molar-refractivity contribution in [2.45, 2.75) is 20.3 Å². The smallest absolute Gasteiger partial charge is 0.307 e. The molecule has 1 aliphatic heterocycles. The third kappa shape index (κ3) is 2.53. The lowest BCUT2D eigenvalue weighted by molar-refractivity contribution is -0.129. The molecule has 1 aliphatic rings. The number of rotatable bonds is 2. The Labute approximate surface area is 107 Å². The Balaban J connectivity index is 2.01. The summed E-state index contributed by atoms with van der Waals surface area (Å²) >= 11 is 0. The topological polar surface area (TPSA) is 49.4 Å². The number of para-hydroxylation sites is 1. The van der Waals surface area contributed by atoms with Crippen molar-refractivity contribution in [3.05, 3.63) is 30.3 Å². The summed E-state index contributed by atoms with van der Waals surface area (Å²) in [5.41, 5.74) is 0.711. The molecule has 1 fully saturated rings. The average molecular weight is 246 g/mol. The maximum atomic E-state index is 12.0. The van der Waals surface area contributed by atoms with Crippen LogP contribution >= 0.6 is 0 Å². The van der Waals surface area contributed by atoms with E-state index in [-0.39, 0.29) is 23.8 Å². The third-order valence-corrected chi connectivity index (χ3v) is 3.32. The van der Waals surface area contributed by atoms with Crippen molar-refractivity contribution in [2.75, 3.05) is 11.9 Å². The van der Waals surface area contributed by atoms with Gasteiger partial charge in [0, 0.05) is 18.2 Å². The third-order valence-electron chi connectivity index (χ3n) is 3.32. The molecule has 0 aromatic heterocycles. The summed E-state index contributed by atoms with van der Waals surface area (Å²) in [5, 5.41) is 2.74. The number of hydrogen-bond donors (Lipinski definition) is 1. The van der Waals surface area contributed by atoms with E-state index in [2.05, 4.69) is 5.32 Å². The number of nitrogens with zero attached hydrogens (tertiary/aromatic N) is 1. The van der Waals surface area contributed by atoms with E-state index in [0.717, 1.165) is 6.42 Å². The van der Waals surface area contributed by atoms with E-state index >= 15 is 0 Å². The van der Waals surface area contributed by atoms with E-state index < -0.39 is 0 Å². The first-order valence-electron chi connectivity index (χ1n) is 6.27. The molecule has 3 amide bonds. The van der Waals surface area contributed by atoms with E-state index in [1.807, 2.05) is 32.0 Å². The Morgan fingerprint density at radius 3 is 2.56 bits per heavy atom. The molecular formula is C14H18N2O2. The molecule has 1 saturated heterocycles. The lowest BCUT2D eigenvalue weighted by Crippen LogP contribution is -2.37. The molecule has 1 N–H and O–H groups in total. The van der Waals surface area contributed by atoms with Crippen LogP contribution in [0.2, 0.25) is 0 Å². The minimum atomic E-state index is -0.325. The molecule has 1 heterocycles. The average Bonchev–Trinajstić information content (AvgIpc) is 2.72. The van der Waals surface area contributed by atoms with Gasteiger partial charge in [0.2, 0.25) is 5.91 Å². The minimum absolute atomic E-state index is 0.0217. The van der Waals surface area contributed by atoms with Crippen molar-refractivity contribution in [1.29, 1.82) is 0 Å². The van der Waals surface area contributed by atoms with E-state index in [4.69, 9.17) is 0 Å². The van der Waals surface area contributed by atoms with E-state index in [9.17, 15) is 9.59 Å². The molecule has 1 unspecified atom stereocenters. The van der Waals surface area contributed by atoms with Crippen molar-refractivity contribution in [1.82, 2.24) is 4.90 Å². The fraction of sp³-hybridized carbons (Fsp3) is 0.429. The molecule has 0 radical (unpaired) electrons. The van der Waals surface area contributed by atoms with Crippen LogP contribution in [0.4, 0.5) is 10.5 Å². The van der Waals surface area contributed by atoms with Crippen LogP contribution in [0, 0.1) is 11.8 Å². The van der Waals surface area contributed by atoms with Gasteiger partial charge < -0.3 is 5.32 Å². The Morgan fingerprint density at radius 1 is 1.33 bits per heavy atom. The molecule has 0 spiro atoms. The van der Waals surface area contributed by atoms with Gasteiger partial charge in [0.1, 0.15) is 0 Å². The molecule has 18 heavy (non-hydrogen) atoms. The van der Waals surface area contributed by atoms with Gasteiger partial charge in [0.05, 0.1) is 0 Å². The van der Waals surface area contributed by atoms with Gasteiger partial charge in [-0.3, -0.25) is 9.69 Å². The molecule has 0 aliphatic carbocycles. The maximum Gasteiger partial charge on any atom is 0.328 e. The predicted molar refractivity (Wildman–Crippen MR) is 70.1 cm³/mol. The second-order valence-electron chi connectivity index (χ2n) is 4.93. The Bertz CT molecular complexity index is 442. The SMILES string of the molecule is CC(C)C1CCN(C(=O)Nc2ccccc2)C1=O. The zero-order valence-electron chi connectivity index (χ0n) is 10.7. The zero-order chi connectivity index (χ0) is 13.1. The van der Waals surface area contributed by atoms with Gasteiger partial charge in [-0.25, -0.2) is 4.79 Å². The van der Waals surface area contributed by atoms with Crippen LogP contribution in [-0.2, 0) is 4.79 Å². The van der Waals surface area contributed by atoms with Crippen LogP contribution in [0.3, 0.4) is 0 Å². The van der Waals surface area contributed by atoms with Crippen LogP contribution in [-0.4, -0.2) is 23.4 Å². The van der Waals surface area contributed by atoms with Crippen molar-refractivity contribution in [2.24, 2.45) is 11.8 Å². The summed E-state index contributed by atoms with van der Waals surface area (Å²) in [6, 6.07) is 8.85. The molecule has 4 nitrogen and oxygen atoms in total. The van der Waals surface area contributed by atoms with Gasteiger partial charge in [0.25, 0.3) is 0 Å². The van der Waals surface area contributed by atoms with E-state index in [1.54, 1.807) is 12.1 Å². The largest absolute Gasteiger partial charge is 0.328 e. The first-order valence-corrected chi connectivity index (χ1v) is 6.27. The molecule has 1 aromatic rings. The highest BCUT2D eigenvalue weighted by Gasteiger charge is 2.36. The monoisotopic (exact) mass is 246 g/mol. The summed E-state index contributed by atoms with van der Waals surface area (Å²) in [6.45, 7) is 4.54. The molecular weight excluding hydrogens is 228 g/mol. The number of likely N-dealkylation sites (tertiary alicyclic amines) is 1. The number of urea groups is 1. The van der Waals surface area contributed by atoms with Crippen LogP contribution in [0.25, 0.3) is 0 Å². The number of amides is 3. The summed E-state index contributed by atoms with van der Waals surface area (Å²) < 4.78 is 0. The standard InChI is InChI=1S/C14H18N2O2/c1-10(2)12-8-9-16(13(12)17)14(18)15-11-6-4-3-5-7-11/h3-7,10,12H,8-9H2,1-2H3,(H,15,18). The second-order valence-corrected chi connectivity index (χ2v) is 4.93. The molecule has 1 aromatic carbocycles. The van der Waals surface area contributed by atoms with Gasteiger partial charge in [0.15, 0.2) is 0 Å². The molecule has 0 saturated carbocycles. The highest BCUT2D eigenvalue weighted by atomic mass is 16.2. The highest BCUT2D eigenvalue weighted by Crippen LogP contribution is 2.25. The molecule has 0 bridgehead atoms. The molecule has 96 valence electrons. The van der Waals surface area contributed by atoms with Crippen molar-refractivity contribution >= 4 is 17.6 Å². The molecule has 2 rings (SSSR count). The summed E-state index contributed by atoms with van der Waals surface area (Å²) in [6.07, 6.45) is 0.763. The summed E-state index contributed by atoms with van der Waals surface area (Å²) in [5.74, 6) is 0.206. The first-order chi connectivity index (χ1) is 8.59. The number of carbonyl (C=O) groups excluding carboxylic acids is 2. The van der Waals surface area contributed by atoms with E-state index in [1.165, 1.54) is 4.90 Å². The van der Waals surface area contributed by atoms with Crippen LogP contribution in [0.5, 0.6) is 0 Å². The van der Waals surface area contributed by atoms with Crippen molar-refractivity contribution in [3.8, 4) is 0 Å². The number of hydrogen-bond acceptors (Lipinski definition) is 2. The predicted octanol–water partition coefficient (Wildman–Crippen LogP) is 2.72. The second kappa shape index (κ2) is 5.21. The zero-order valence-corrected chi connectivity index (χ0v) is 10.7. The lowest BCUT2D eigenvalue weighted by atomic mass is 9.95. The first kappa shape index (κ1) is 12.6. The van der Waals surface area contributed by atoms with Gasteiger partial charge in [-0.05, 0) is 24.5 Å². The van der Waals surface area contributed by atoms with Crippen molar-refractivity contribution in [3.63, 3.8) is 0 Å². The van der Waals surface area contributed by atoms with Gasteiger partial charge >= 0.3 is 6.03 Å². The minimum Gasteiger partial charge on any atom is -0.307 e. The van der Waals surface area contributed by atoms with Crippen LogP contribution < -0.4 is 5.32 Å². The number of carbonyl (C=O) groups is 2. The van der Waals surface area contributed by atoms with Gasteiger partial charge in [-0.15, -0.1) is 0 Å². The van der Waals surface area contributed by atoms with Gasteiger partial charge in [-0.1, -0.05) is 32.0 Å². The Morgan fingerprint density at radius 2 is 2.00 bits per heavy atom. The fourth-order valence-electron chi connectivity index (χ4n) is 2.23. The summed E-state index contributed by atoms with van der Waals surface area (Å²) in [4.78, 5) is 25.3. The number of imide groups is 1.